The number of hydrogen-bond donors (Lipinski definition) is 2. The standard InChI is InChI=1S/C16H25FN2O/c1-4-16(6-5-7-16)10-19-14-9-15(20-11(2)3)12(17)8-13(14)18/h8-9,11,19H,4-7,10,18H2,1-3H3. The van der Waals surface area contributed by atoms with Crippen LogP contribution in [-0.4, -0.2) is 12.6 Å². The fourth-order valence-corrected chi connectivity index (χ4v) is 2.68. The summed E-state index contributed by atoms with van der Waals surface area (Å²) in [6.45, 7) is 6.87. The maximum Gasteiger partial charge on any atom is 0.167 e. The molecule has 112 valence electrons. The first-order chi connectivity index (χ1) is 9.46. The molecule has 0 aromatic heterocycles. The van der Waals surface area contributed by atoms with E-state index in [9.17, 15) is 4.39 Å². The summed E-state index contributed by atoms with van der Waals surface area (Å²) in [5, 5.41) is 3.38. The lowest BCUT2D eigenvalue weighted by Gasteiger charge is -2.41. The molecule has 0 bridgehead atoms. The number of benzene rings is 1. The summed E-state index contributed by atoms with van der Waals surface area (Å²) in [6.07, 6.45) is 4.92. The third-order valence-electron chi connectivity index (χ3n) is 4.28. The summed E-state index contributed by atoms with van der Waals surface area (Å²) in [4.78, 5) is 0. The van der Waals surface area contributed by atoms with Crippen LogP contribution in [0.2, 0.25) is 0 Å². The average Bonchev–Trinajstić information content (AvgIpc) is 2.33. The number of halogens is 1. The van der Waals surface area contributed by atoms with Crippen molar-refractivity contribution in [1.82, 2.24) is 0 Å². The van der Waals surface area contributed by atoms with Crippen molar-refractivity contribution in [2.75, 3.05) is 17.6 Å². The van der Waals surface area contributed by atoms with Gasteiger partial charge in [-0.1, -0.05) is 13.3 Å². The zero-order valence-electron chi connectivity index (χ0n) is 12.6. The minimum absolute atomic E-state index is 0.0606. The topological polar surface area (TPSA) is 47.3 Å². The van der Waals surface area contributed by atoms with Gasteiger partial charge in [0.1, 0.15) is 0 Å². The lowest BCUT2D eigenvalue weighted by Crippen LogP contribution is -2.36. The molecule has 0 amide bonds. The highest BCUT2D eigenvalue weighted by Gasteiger charge is 2.34. The lowest BCUT2D eigenvalue weighted by molar-refractivity contribution is 0.145. The molecule has 4 heteroatoms. The normalized spacial score (nSPS) is 16.9. The molecule has 2 rings (SSSR count). The highest BCUT2D eigenvalue weighted by Crippen LogP contribution is 2.44. The molecule has 0 atom stereocenters. The third-order valence-corrected chi connectivity index (χ3v) is 4.28. The summed E-state index contributed by atoms with van der Waals surface area (Å²) in [6, 6.07) is 3.01. The molecule has 0 radical (unpaired) electrons. The van der Waals surface area contributed by atoms with Crippen LogP contribution in [0.1, 0.15) is 46.5 Å². The molecule has 1 saturated carbocycles. The van der Waals surface area contributed by atoms with Crippen LogP contribution in [0.25, 0.3) is 0 Å². The Morgan fingerprint density at radius 1 is 1.40 bits per heavy atom. The number of nitrogens with two attached hydrogens (primary N) is 1. The highest BCUT2D eigenvalue weighted by molar-refractivity contribution is 5.68. The first kappa shape index (κ1) is 14.9. The zero-order chi connectivity index (χ0) is 14.8. The lowest BCUT2D eigenvalue weighted by atomic mass is 9.67. The van der Waals surface area contributed by atoms with Crippen molar-refractivity contribution >= 4 is 11.4 Å². The molecule has 0 saturated heterocycles. The van der Waals surface area contributed by atoms with Gasteiger partial charge in [0.2, 0.25) is 0 Å². The van der Waals surface area contributed by atoms with Crippen LogP contribution in [0.5, 0.6) is 5.75 Å². The van der Waals surface area contributed by atoms with E-state index in [-0.39, 0.29) is 11.9 Å². The predicted octanol–water partition coefficient (Wildman–Crippen LogP) is 4.19. The van der Waals surface area contributed by atoms with E-state index >= 15 is 0 Å². The number of rotatable bonds is 6. The van der Waals surface area contributed by atoms with E-state index in [1.807, 2.05) is 13.8 Å². The number of hydrogen-bond acceptors (Lipinski definition) is 3. The maximum atomic E-state index is 13.8. The molecule has 20 heavy (non-hydrogen) atoms. The first-order valence-corrected chi connectivity index (χ1v) is 7.45. The molecular formula is C16H25FN2O. The summed E-state index contributed by atoms with van der Waals surface area (Å²) >= 11 is 0. The molecule has 1 aromatic carbocycles. The van der Waals surface area contributed by atoms with Gasteiger partial charge in [0.15, 0.2) is 11.6 Å². The fraction of sp³-hybridized carbons (Fsp3) is 0.625. The fourth-order valence-electron chi connectivity index (χ4n) is 2.68. The van der Waals surface area contributed by atoms with E-state index in [4.69, 9.17) is 10.5 Å². The maximum absolute atomic E-state index is 13.8. The highest BCUT2D eigenvalue weighted by atomic mass is 19.1. The largest absolute Gasteiger partial charge is 0.488 e. The SMILES string of the molecule is CCC1(CNc2cc(OC(C)C)c(F)cc2N)CCC1. The Balaban J connectivity index is 2.10. The Morgan fingerprint density at radius 3 is 2.60 bits per heavy atom. The van der Waals surface area contributed by atoms with Gasteiger partial charge < -0.3 is 15.8 Å². The van der Waals surface area contributed by atoms with E-state index in [0.717, 1.165) is 18.7 Å². The van der Waals surface area contributed by atoms with Crippen molar-refractivity contribution in [3.05, 3.63) is 17.9 Å². The molecule has 3 nitrogen and oxygen atoms in total. The summed E-state index contributed by atoms with van der Waals surface area (Å²) in [5.74, 6) is -0.147. The summed E-state index contributed by atoms with van der Waals surface area (Å²) in [7, 11) is 0. The van der Waals surface area contributed by atoms with Gasteiger partial charge in [0.05, 0.1) is 17.5 Å². The van der Waals surface area contributed by atoms with Crippen LogP contribution in [0, 0.1) is 11.2 Å². The molecule has 1 aliphatic carbocycles. The minimum Gasteiger partial charge on any atom is -0.488 e. The molecule has 1 aliphatic rings. The Hall–Kier alpha value is -1.45. The zero-order valence-corrected chi connectivity index (χ0v) is 12.6. The monoisotopic (exact) mass is 280 g/mol. The van der Waals surface area contributed by atoms with E-state index in [2.05, 4.69) is 12.2 Å². The molecule has 0 heterocycles. The van der Waals surface area contributed by atoms with Gasteiger partial charge >= 0.3 is 0 Å². The van der Waals surface area contributed by atoms with Gasteiger partial charge in [-0.3, -0.25) is 0 Å². The molecule has 0 aliphatic heterocycles. The van der Waals surface area contributed by atoms with Crippen molar-refractivity contribution in [1.29, 1.82) is 0 Å². The van der Waals surface area contributed by atoms with Crippen LogP contribution in [0.3, 0.4) is 0 Å². The number of nitrogens with one attached hydrogen (secondary N) is 1. The van der Waals surface area contributed by atoms with Crippen molar-refractivity contribution in [2.24, 2.45) is 5.41 Å². The van der Waals surface area contributed by atoms with E-state index in [1.54, 1.807) is 6.07 Å². The smallest absolute Gasteiger partial charge is 0.167 e. The number of nitrogen functional groups attached to an aromatic ring is 1. The van der Waals surface area contributed by atoms with Crippen molar-refractivity contribution in [3.63, 3.8) is 0 Å². The van der Waals surface area contributed by atoms with Crippen LogP contribution < -0.4 is 15.8 Å². The quantitative estimate of drug-likeness (QED) is 0.768. The Morgan fingerprint density at radius 2 is 2.10 bits per heavy atom. The molecule has 0 unspecified atom stereocenters. The molecule has 1 aromatic rings. The second-order valence-electron chi connectivity index (χ2n) is 6.10. The van der Waals surface area contributed by atoms with Crippen molar-refractivity contribution < 1.29 is 9.13 Å². The second-order valence-corrected chi connectivity index (χ2v) is 6.10. The van der Waals surface area contributed by atoms with Crippen molar-refractivity contribution in [2.45, 2.75) is 52.6 Å². The van der Waals surface area contributed by atoms with Crippen LogP contribution in [0.4, 0.5) is 15.8 Å². The Labute approximate surface area is 120 Å². The van der Waals surface area contributed by atoms with Gasteiger partial charge in [-0.15, -0.1) is 0 Å². The molecular weight excluding hydrogens is 255 g/mol. The number of ether oxygens (including phenoxy) is 1. The average molecular weight is 280 g/mol. The Kier molecular flexibility index (Phi) is 4.41. The van der Waals surface area contributed by atoms with Gasteiger partial charge in [-0.05, 0) is 38.5 Å². The molecule has 3 N–H and O–H groups in total. The van der Waals surface area contributed by atoms with Gasteiger partial charge in [-0.2, -0.15) is 0 Å². The van der Waals surface area contributed by atoms with Crippen LogP contribution >= 0.6 is 0 Å². The summed E-state index contributed by atoms with van der Waals surface area (Å²) < 4.78 is 19.2. The minimum atomic E-state index is -0.407. The van der Waals surface area contributed by atoms with Crippen molar-refractivity contribution in [3.8, 4) is 5.75 Å². The van der Waals surface area contributed by atoms with Gasteiger partial charge in [0.25, 0.3) is 0 Å². The third kappa shape index (κ3) is 3.17. The van der Waals surface area contributed by atoms with Gasteiger partial charge in [0, 0.05) is 18.7 Å². The van der Waals surface area contributed by atoms with Gasteiger partial charge in [-0.25, -0.2) is 4.39 Å². The van der Waals surface area contributed by atoms with E-state index in [1.165, 1.54) is 25.3 Å². The number of anilines is 2. The van der Waals surface area contributed by atoms with Crippen LogP contribution in [-0.2, 0) is 0 Å². The first-order valence-electron chi connectivity index (χ1n) is 7.45. The second kappa shape index (κ2) is 5.90. The molecule has 0 spiro atoms. The molecule has 1 fully saturated rings. The van der Waals surface area contributed by atoms with E-state index < -0.39 is 5.82 Å². The Bertz CT molecular complexity index is 464. The van der Waals surface area contributed by atoms with E-state index in [0.29, 0.717) is 11.1 Å². The van der Waals surface area contributed by atoms with Crippen LogP contribution in [0.15, 0.2) is 12.1 Å². The summed E-state index contributed by atoms with van der Waals surface area (Å²) in [5.41, 5.74) is 7.48. The predicted molar refractivity (Wildman–Crippen MR) is 81.6 cm³/mol.